The highest BCUT2D eigenvalue weighted by Gasteiger charge is 2.34. The molecule has 2 aromatic rings. The molecule has 0 aliphatic carbocycles. The average Bonchev–Trinajstić information content (AvgIpc) is 3.23. The number of aryl methyl sites for hydroxylation is 2. The first-order chi connectivity index (χ1) is 11.9. The van der Waals surface area contributed by atoms with Crippen molar-refractivity contribution in [1.29, 1.82) is 0 Å². The van der Waals surface area contributed by atoms with Crippen LogP contribution >= 0.6 is 0 Å². The summed E-state index contributed by atoms with van der Waals surface area (Å²) in [6.45, 7) is 1.40. The molecule has 8 nitrogen and oxygen atoms in total. The number of nitrogens with zero attached hydrogens (tertiary/aromatic N) is 6. The van der Waals surface area contributed by atoms with Gasteiger partial charge in [0.2, 0.25) is 0 Å². The minimum atomic E-state index is -0.876. The lowest BCUT2D eigenvalue weighted by Crippen LogP contribution is -2.42. The molecule has 0 bridgehead atoms. The van der Waals surface area contributed by atoms with Crippen LogP contribution in [0.4, 0.5) is 15.0 Å². The molecule has 3 heterocycles. The molecule has 0 saturated carbocycles. The summed E-state index contributed by atoms with van der Waals surface area (Å²) in [6.07, 6.45) is 4.78. The molecule has 1 saturated heterocycles. The van der Waals surface area contributed by atoms with E-state index in [1.54, 1.807) is 42.1 Å². The van der Waals surface area contributed by atoms with Crippen molar-refractivity contribution >= 4 is 11.8 Å². The number of carbonyl (C=O) groups is 1. The van der Waals surface area contributed by atoms with E-state index in [1.807, 2.05) is 17.8 Å². The third-order valence-electron chi connectivity index (χ3n) is 4.63. The first kappa shape index (κ1) is 17.4. The number of likely N-dealkylation sites (N-methyl/N-ethyl adjacent to an activating group) is 1. The van der Waals surface area contributed by atoms with Crippen molar-refractivity contribution in [2.75, 3.05) is 25.5 Å². The van der Waals surface area contributed by atoms with Gasteiger partial charge in [-0.2, -0.15) is 5.10 Å². The Hall–Kier alpha value is -2.42. The van der Waals surface area contributed by atoms with Crippen LogP contribution in [0.3, 0.4) is 0 Å². The van der Waals surface area contributed by atoms with Crippen LogP contribution in [0.5, 0.6) is 0 Å². The fraction of sp³-hybridized carbons (Fsp3) is 0.562. The topological polar surface area (TPSA) is 71.2 Å². The van der Waals surface area contributed by atoms with Crippen LogP contribution in [0.15, 0.2) is 24.7 Å². The SMILES string of the molecule is CN(C[C@@H]1C[C@H](F)CN1Cc1nccn1C)C(=O)Nc1ccnn1C. The highest BCUT2D eigenvalue weighted by molar-refractivity contribution is 5.88. The van der Waals surface area contributed by atoms with Crippen molar-refractivity contribution in [1.82, 2.24) is 29.1 Å². The van der Waals surface area contributed by atoms with Crippen molar-refractivity contribution in [3.63, 3.8) is 0 Å². The van der Waals surface area contributed by atoms with Crippen LogP contribution in [0.1, 0.15) is 12.2 Å². The van der Waals surface area contributed by atoms with Crippen molar-refractivity contribution in [2.24, 2.45) is 14.1 Å². The fourth-order valence-corrected chi connectivity index (χ4v) is 3.14. The zero-order chi connectivity index (χ0) is 18.0. The molecule has 9 heteroatoms. The Labute approximate surface area is 146 Å². The van der Waals surface area contributed by atoms with E-state index in [2.05, 4.69) is 20.3 Å². The number of rotatable bonds is 5. The zero-order valence-electron chi connectivity index (χ0n) is 14.8. The van der Waals surface area contributed by atoms with Crippen molar-refractivity contribution < 1.29 is 9.18 Å². The summed E-state index contributed by atoms with van der Waals surface area (Å²) in [4.78, 5) is 20.3. The lowest BCUT2D eigenvalue weighted by Gasteiger charge is -2.28. The van der Waals surface area contributed by atoms with E-state index < -0.39 is 6.17 Å². The van der Waals surface area contributed by atoms with Crippen molar-refractivity contribution in [3.8, 4) is 0 Å². The smallest absolute Gasteiger partial charge is 0.322 e. The van der Waals surface area contributed by atoms with Crippen LogP contribution in [0.25, 0.3) is 0 Å². The normalized spacial score (nSPS) is 20.8. The third kappa shape index (κ3) is 3.98. The number of anilines is 1. The Balaban J connectivity index is 1.60. The van der Waals surface area contributed by atoms with Gasteiger partial charge in [-0.1, -0.05) is 0 Å². The van der Waals surface area contributed by atoms with Gasteiger partial charge < -0.3 is 9.47 Å². The molecule has 0 radical (unpaired) electrons. The Kier molecular flexibility index (Phi) is 5.03. The molecule has 0 aromatic carbocycles. The van der Waals surface area contributed by atoms with E-state index in [1.165, 1.54) is 0 Å². The van der Waals surface area contributed by atoms with Gasteiger partial charge in [-0.25, -0.2) is 14.2 Å². The minimum absolute atomic E-state index is 0.0333. The number of amides is 2. The van der Waals surface area contributed by atoms with Crippen LogP contribution < -0.4 is 5.32 Å². The molecule has 1 aliphatic rings. The van der Waals surface area contributed by atoms with Gasteiger partial charge in [0.1, 0.15) is 17.8 Å². The summed E-state index contributed by atoms with van der Waals surface area (Å²) in [5.41, 5.74) is 0. The van der Waals surface area contributed by atoms with Gasteiger partial charge in [0.25, 0.3) is 0 Å². The Morgan fingerprint density at radius 1 is 1.44 bits per heavy atom. The number of carbonyl (C=O) groups excluding carboxylic acids is 1. The van der Waals surface area contributed by atoms with Gasteiger partial charge in [-0.05, 0) is 6.42 Å². The summed E-state index contributed by atoms with van der Waals surface area (Å²) >= 11 is 0. The number of halogens is 1. The molecule has 0 spiro atoms. The van der Waals surface area contributed by atoms with Crippen molar-refractivity contribution in [3.05, 3.63) is 30.5 Å². The van der Waals surface area contributed by atoms with Gasteiger partial charge in [0, 0.05) is 58.7 Å². The van der Waals surface area contributed by atoms with Crippen LogP contribution in [-0.2, 0) is 20.6 Å². The van der Waals surface area contributed by atoms with Crippen molar-refractivity contribution in [2.45, 2.75) is 25.2 Å². The van der Waals surface area contributed by atoms with Gasteiger partial charge in [0.15, 0.2) is 0 Å². The number of imidazole rings is 1. The first-order valence-corrected chi connectivity index (χ1v) is 8.28. The fourth-order valence-electron chi connectivity index (χ4n) is 3.14. The van der Waals surface area contributed by atoms with Gasteiger partial charge in [-0.3, -0.25) is 14.9 Å². The highest BCUT2D eigenvalue weighted by atomic mass is 19.1. The van der Waals surface area contributed by atoms with Gasteiger partial charge in [-0.15, -0.1) is 0 Å². The van der Waals surface area contributed by atoms with E-state index in [9.17, 15) is 9.18 Å². The number of hydrogen-bond acceptors (Lipinski definition) is 4. The van der Waals surface area contributed by atoms with E-state index in [-0.39, 0.29) is 12.1 Å². The van der Waals surface area contributed by atoms with E-state index in [4.69, 9.17) is 0 Å². The van der Waals surface area contributed by atoms with E-state index in [0.29, 0.717) is 31.9 Å². The first-order valence-electron chi connectivity index (χ1n) is 8.28. The summed E-state index contributed by atoms with van der Waals surface area (Å²) in [6, 6.07) is 1.46. The number of alkyl halides is 1. The molecular formula is C16H24FN7O. The van der Waals surface area contributed by atoms with Gasteiger partial charge >= 0.3 is 6.03 Å². The second kappa shape index (κ2) is 7.22. The maximum absolute atomic E-state index is 14.0. The summed E-state index contributed by atoms with van der Waals surface area (Å²) in [5, 5.41) is 6.82. The Morgan fingerprint density at radius 3 is 2.88 bits per heavy atom. The monoisotopic (exact) mass is 349 g/mol. The van der Waals surface area contributed by atoms with Gasteiger partial charge in [0.05, 0.1) is 12.7 Å². The third-order valence-corrected chi connectivity index (χ3v) is 4.63. The standard InChI is InChI=1S/C16H24FN7O/c1-21-7-6-18-15(21)11-24-9-12(17)8-13(24)10-22(2)16(25)20-14-4-5-19-23(14)3/h4-7,12-13H,8-11H2,1-3H3,(H,20,25)/t12-,13-/m0/s1. The minimum Gasteiger partial charge on any atom is -0.337 e. The molecule has 1 fully saturated rings. The molecule has 0 unspecified atom stereocenters. The molecular weight excluding hydrogens is 325 g/mol. The van der Waals surface area contributed by atoms with Crippen LogP contribution in [0.2, 0.25) is 0 Å². The second-order valence-electron chi connectivity index (χ2n) is 6.52. The van der Waals surface area contributed by atoms with Crippen LogP contribution in [-0.4, -0.2) is 67.5 Å². The highest BCUT2D eigenvalue weighted by Crippen LogP contribution is 2.23. The molecule has 1 N–H and O–H groups in total. The molecule has 136 valence electrons. The summed E-state index contributed by atoms with van der Waals surface area (Å²) < 4.78 is 17.5. The van der Waals surface area contributed by atoms with E-state index >= 15 is 0 Å². The predicted molar refractivity (Wildman–Crippen MR) is 91.8 cm³/mol. The number of hydrogen-bond donors (Lipinski definition) is 1. The number of likely N-dealkylation sites (tertiary alicyclic amines) is 1. The second-order valence-corrected chi connectivity index (χ2v) is 6.52. The Bertz CT molecular complexity index is 728. The number of urea groups is 1. The summed E-state index contributed by atoms with van der Waals surface area (Å²) in [7, 11) is 5.40. The van der Waals surface area contributed by atoms with Crippen LogP contribution in [0, 0.1) is 0 Å². The predicted octanol–water partition coefficient (Wildman–Crippen LogP) is 1.23. The molecule has 1 aliphatic heterocycles. The van der Waals surface area contributed by atoms with E-state index in [0.717, 1.165) is 5.82 Å². The lowest BCUT2D eigenvalue weighted by molar-refractivity contribution is 0.179. The molecule has 2 aromatic heterocycles. The molecule has 2 atom stereocenters. The molecule has 25 heavy (non-hydrogen) atoms. The number of nitrogens with one attached hydrogen (secondary N) is 1. The quantitative estimate of drug-likeness (QED) is 0.881. The maximum Gasteiger partial charge on any atom is 0.322 e. The summed E-state index contributed by atoms with van der Waals surface area (Å²) in [5.74, 6) is 1.51. The largest absolute Gasteiger partial charge is 0.337 e. The Morgan fingerprint density at radius 2 is 2.24 bits per heavy atom. The molecule has 2 amide bonds. The number of aromatic nitrogens is 4. The maximum atomic E-state index is 14.0. The average molecular weight is 349 g/mol. The molecule has 3 rings (SSSR count). The lowest BCUT2D eigenvalue weighted by atomic mass is 10.2. The zero-order valence-corrected chi connectivity index (χ0v) is 14.8.